The summed E-state index contributed by atoms with van der Waals surface area (Å²) in [4.78, 5) is 13.5. The van der Waals surface area contributed by atoms with Gasteiger partial charge < -0.3 is 14.2 Å². The zero-order valence-electron chi connectivity index (χ0n) is 13.8. The van der Waals surface area contributed by atoms with E-state index in [-0.39, 0.29) is 12.2 Å². The molecule has 1 aliphatic rings. The van der Waals surface area contributed by atoms with Crippen molar-refractivity contribution in [2.24, 2.45) is 0 Å². The summed E-state index contributed by atoms with van der Waals surface area (Å²) >= 11 is 0. The highest BCUT2D eigenvalue weighted by atomic mass is 16.6. The molecule has 1 saturated heterocycles. The number of amides is 1. The van der Waals surface area contributed by atoms with Crippen LogP contribution in [0.3, 0.4) is 0 Å². The molecule has 0 aromatic heterocycles. The first-order chi connectivity index (χ1) is 12.2. The third-order valence-corrected chi connectivity index (χ3v) is 3.84. The van der Waals surface area contributed by atoms with Crippen molar-refractivity contribution in [1.82, 2.24) is 0 Å². The number of methoxy groups -OCH3 is 1. The van der Waals surface area contributed by atoms with E-state index in [1.165, 1.54) is 0 Å². The summed E-state index contributed by atoms with van der Waals surface area (Å²) in [5.41, 5.74) is 2.28. The predicted octanol–water partition coefficient (Wildman–Crippen LogP) is 3.11. The van der Waals surface area contributed by atoms with E-state index in [2.05, 4.69) is 6.07 Å². The van der Waals surface area contributed by atoms with E-state index in [1.54, 1.807) is 36.3 Å². The second-order valence-electron chi connectivity index (χ2n) is 5.67. The smallest absolute Gasteiger partial charge is 0.414 e. The molecule has 6 heteroatoms. The molecule has 0 unspecified atom stereocenters. The molecule has 1 atom stereocenters. The van der Waals surface area contributed by atoms with E-state index in [9.17, 15) is 4.79 Å². The lowest BCUT2D eigenvalue weighted by molar-refractivity contribution is 0.0718. The minimum Gasteiger partial charge on any atom is -0.489 e. The van der Waals surface area contributed by atoms with Crippen LogP contribution in [0.5, 0.6) is 5.75 Å². The quantitative estimate of drug-likeness (QED) is 0.809. The maximum atomic E-state index is 11.9. The van der Waals surface area contributed by atoms with Gasteiger partial charge >= 0.3 is 6.09 Å². The largest absolute Gasteiger partial charge is 0.489 e. The topological polar surface area (TPSA) is 71.8 Å². The van der Waals surface area contributed by atoms with E-state index in [4.69, 9.17) is 19.5 Å². The standard InChI is InChI=1S/C19H18N2O4/c1-23-13-18-11-21(19(22)25-18)16-5-7-17(8-6-16)24-12-15-4-2-3-14(9-15)10-20/h2-9,18H,11-13H2,1H3/t18-/m0/s1. The summed E-state index contributed by atoms with van der Waals surface area (Å²) in [6, 6.07) is 16.6. The molecule has 1 heterocycles. The molecule has 2 aromatic carbocycles. The molecule has 0 N–H and O–H groups in total. The lowest BCUT2D eigenvalue weighted by Gasteiger charge is -2.14. The summed E-state index contributed by atoms with van der Waals surface area (Å²) in [6.07, 6.45) is -0.620. The van der Waals surface area contributed by atoms with E-state index in [1.807, 2.05) is 24.3 Å². The molecular formula is C19H18N2O4. The summed E-state index contributed by atoms with van der Waals surface area (Å²) in [7, 11) is 1.58. The Hall–Kier alpha value is -3.04. The third-order valence-electron chi connectivity index (χ3n) is 3.84. The van der Waals surface area contributed by atoms with Crippen LogP contribution in [0.25, 0.3) is 0 Å². The highest BCUT2D eigenvalue weighted by molar-refractivity contribution is 5.89. The molecule has 0 bridgehead atoms. The maximum Gasteiger partial charge on any atom is 0.414 e. The van der Waals surface area contributed by atoms with E-state index >= 15 is 0 Å². The zero-order chi connectivity index (χ0) is 17.6. The van der Waals surface area contributed by atoms with Gasteiger partial charge in [0.2, 0.25) is 0 Å². The van der Waals surface area contributed by atoms with Crippen molar-refractivity contribution in [3.05, 3.63) is 59.7 Å². The SMILES string of the molecule is COC[C@@H]1CN(c2ccc(OCc3cccc(C#N)c3)cc2)C(=O)O1. The molecule has 1 aliphatic heterocycles. The third kappa shape index (κ3) is 4.08. The van der Waals surface area contributed by atoms with Crippen molar-refractivity contribution in [3.63, 3.8) is 0 Å². The molecule has 0 saturated carbocycles. The van der Waals surface area contributed by atoms with Crippen LogP contribution >= 0.6 is 0 Å². The van der Waals surface area contributed by atoms with Crippen LogP contribution in [0.1, 0.15) is 11.1 Å². The second-order valence-corrected chi connectivity index (χ2v) is 5.67. The molecule has 25 heavy (non-hydrogen) atoms. The fraction of sp³-hybridized carbons (Fsp3) is 0.263. The average Bonchev–Trinajstić information content (AvgIpc) is 3.01. The molecule has 1 fully saturated rings. The fourth-order valence-corrected chi connectivity index (χ4v) is 2.62. The number of nitrogens with zero attached hydrogens (tertiary/aromatic N) is 2. The molecule has 128 valence electrons. The Labute approximate surface area is 146 Å². The van der Waals surface area contributed by atoms with Crippen LogP contribution in [-0.4, -0.2) is 32.5 Å². The molecule has 0 spiro atoms. The first-order valence-corrected chi connectivity index (χ1v) is 7.88. The van der Waals surface area contributed by atoms with Crippen LogP contribution < -0.4 is 9.64 Å². The van der Waals surface area contributed by atoms with Crippen molar-refractivity contribution < 1.29 is 19.0 Å². The summed E-state index contributed by atoms with van der Waals surface area (Å²) in [5, 5.41) is 8.91. The minimum atomic E-state index is -0.371. The van der Waals surface area contributed by atoms with Gasteiger partial charge in [-0.2, -0.15) is 5.26 Å². The second kappa shape index (κ2) is 7.69. The normalized spacial score (nSPS) is 16.4. The number of hydrogen-bond donors (Lipinski definition) is 0. The van der Waals surface area contributed by atoms with Crippen LogP contribution in [0.2, 0.25) is 0 Å². The monoisotopic (exact) mass is 338 g/mol. The molecule has 0 aliphatic carbocycles. The van der Waals surface area contributed by atoms with Gasteiger partial charge in [0, 0.05) is 12.8 Å². The van der Waals surface area contributed by atoms with Crippen molar-refractivity contribution in [2.75, 3.05) is 25.2 Å². The van der Waals surface area contributed by atoms with Crippen LogP contribution in [0.15, 0.2) is 48.5 Å². The van der Waals surface area contributed by atoms with Crippen molar-refractivity contribution in [1.29, 1.82) is 5.26 Å². The summed E-state index contributed by atoms with van der Waals surface area (Å²) < 4.78 is 16.0. The van der Waals surface area contributed by atoms with Crippen molar-refractivity contribution in [3.8, 4) is 11.8 Å². The summed E-state index contributed by atoms with van der Waals surface area (Å²) in [5.74, 6) is 0.687. The van der Waals surface area contributed by atoms with Gasteiger partial charge in [0.15, 0.2) is 0 Å². The summed E-state index contributed by atoms with van der Waals surface area (Å²) in [6.45, 7) is 1.22. The fourth-order valence-electron chi connectivity index (χ4n) is 2.62. The number of nitriles is 1. The van der Waals surface area contributed by atoms with Gasteiger partial charge in [-0.05, 0) is 42.0 Å². The minimum absolute atomic E-state index is 0.249. The van der Waals surface area contributed by atoms with E-state index in [0.717, 1.165) is 11.3 Å². The molecular weight excluding hydrogens is 320 g/mol. The maximum absolute atomic E-state index is 11.9. The number of ether oxygens (including phenoxy) is 3. The first kappa shape index (κ1) is 16.8. The van der Waals surface area contributed by atoms with Crippen LogP contribution in [0, 0.1) is 11.3 Å². The molecule has 3 rings (SSSR count). The van der Waals surface area contributed by atoms with Gasteiger partial charge in [0.25, 0.3) is 0 Å². The molecule has 0 radical (unpaired) electrons. The number of hydrogen-bond acceptors (Lipinski definition) is 5. The highest BCUT2D eigenvalue weighted by Crippen LogP contribution is 2.24. The number of rotatable bonds is 6. The lowest BCUT2D eigenvalue weighted by Crippen LogP contribution is -2.25. The van der Waals surface area contributed by atoms with Gasteiger partial charge in [-0.15, -0.1) is 0 Å². The molecule has 6 nitrogen and oxygen atoms in total. The Kier molecular flexibility index (Phi) is 5.17. The van der Waals surface area contributed by atoms with Crippen LogP contribution in [-0.2, 0) is 16.1 Å². The van der Waals surface area contributed by atoms with Gasteiger partial charge in [-0.25, -0.2) is 4.79 Å². The van der Waals surface area contributed by atoms with E-state index < -0.39 is 0 Å². The van der Waals surface area contributed by atoms with Gasteiger partial charge in [0.05, 0.1) is 24.8 Å². The number of carbonyl (C=O) groups excluding carboxylic acids is 1. The predicted molar refractivity (Wildman–Crippen MR) is 91.4 cm³/mol. The van der Waals surface area contributed by atoms with Gasteiger partial charge in [-0.1, -0.05) is 12.1 Å². The van der Waals surface area contributed by atoms with Crippen molar-refractivity contribution >= 4 is 11.8 Å². The number of anilines is 1. The Bertz CT molecular complexity index is 783. The molecule has 1 amide bonds. The first-order valence-electron chi connectivity index (χ1n) is 7.88. The van der Waals surface area contributed by atoms with Gasteiger partial charge in [0.1, 0.15) is 18.5 Å². The lowest BCUT2D eigenvalue weighted by atomic mass is 10.1. The Morgan fingerprint density at radius 3 is 2.80 bits per heavy atom. The van der Waals surface area contributed by atoms with E-state index in [0.29, 0.717) is 31.1 Å². The zero-order valence-corrected chi connectivity index (χ0v) is 13.8. The Morgan fingerprint density at radius 2 is 2.08 bits per heavy atom. The average molecular weight is 338 g/mol. The van der Waals surface area contributed by atoms with Crippen molar-refractivity contribution in [2.45, 2.75) is 12.7 Å². The Morgan fingerprint density at radius 1 is 1.28 bits per heavy atom. The highest BCUT2D eigenvalue weighted by Gasteiger charge is 2.32. The number of carbonyl (C=O) groups is 1. The number of benzene rings is 2. The van der Waals surface area contributed by atoms with Gasteiger partial charge in [-0.3, -0.25) is 4.90 Å². The number of cyclic esters (lactones) is 1. The molecule has 2 aromatic rings. The van der Waals surface area contributed by atoms with Crippen LogP contribution in [0.4, 0.5) is 10.5 Å². The Balaban J connectivity index is 1.61.